The van der Waals surface area contributed by atoms with Gasteiger partial charge in [-0.3, -0.25) is 4.79 Å². The molecule has 0 spiro atoms. The van der Waals surface area contributed by atoms with Crippen LogP contribution in [0.4, 0.5) is 0 Å². The molecule has 0 fully saturated rings. The van der Waals surface area contributed by atoms with Gasteiger partial charge in [-0.25, -0.2) is 0 Å². The van der Waals surface area contributed by atoms with Crippen LogP contribution in [0.3, 0.4) is 0 Å². The van der Waals surface area contributed by atoms with E-state index in [0.717, 1.165) is 4.88 Å². The van der Waals surface area contributed by atoms with Crippen LogP contribution in [0, 0.1) is 0 Å². The molecule has 1 aromatic rings. The zero-order valence-electron chi connectivity index (χ0n) is 6.63. The number of hydrogen-bond acceptors (Lipinski definition) is 3. The lowest BCUT2D eigenvalue weighted by molar-refractivity contribution is 0.0959. The normalized spacial score (nSPS) is 12.9. The Hall–Kier alpha value is -0.670. The molecule has 0 bridgehead atoms. The van der Waals surface area contributed by atoms with Crippen molar-refractivity contribution >= 4 is 17.1 Å². The van der Waals surface area contributed by atoms with Crippen molar-refractivity contribution < 1.29 is 4.79 Å². The van der Waals surface area contributed by atoms with Crippen LogP contribution in [0.5, 0.6) is 0 Å². The molecule has 1 rings (SSSR count). The second kappa shape index (κ2) is 3.64. The molecule has 0 aliphatic carbocycles. The number of carbonyl (C=O) groups is 1. The number of rotatable bonds is 3. The fourth-order valence-electron chi connectivity index (χ4n) is 0.763. The lowest BCUT2D eigenvalue weighted by Crippen LogP contribution is -2.30. The predicted octanol–water partition coefficient (Wildman–Crippen LogP) is 1.54. The molecule has 11 heavy (non-hydrogen) atoms. The zero-order valence-corrected chi connectivity index (χ0v) is 7.44. The van der Waals surface area contributed by atoms with Gasteiger partial charge in [-0.1, -0.05) is 6.07 Å². The summed E-state index contributed by atoms with van der Waals surface area (Å²) in [7, 11) is 1.79. The Kier molecular flexibility index (Phi) is 2.79. The lowest BCUT2D eigenvalue weighted by Gasteiger charge is -2.05. The minimum Gasteiger partial charge on any atom is -0.310 e. The average Bonchev–Trinajstić information content (AvgIpc) is 2.53. The van der Waals surface area contributed by atoms with E-state index < -0.39 is 0 Å². The summed E-state index contributed by atoms with van der Waals surface area (Å²) in [5.41, 5.74) is 0. The molecule has 1 atom stereocenters. The van der Waals surface area contributed by atoms with Crippen LogP contribution < -0.4 is 5.32 Å². The van der Waals surface area contributed by atoms with Gasteiger partial charge in [-0.15, -0.1) is 11.3 Å². The lowest BCUT2D eigenvalue weighted by atomic mass is 10.2. The molecule has 0 aliphatic rings. The van der Waals surface area contributed by atoms with E-state index in [0.29, 0.717) is 0 Å². The number of ketones is 1. The van der Waals surface area contributed by atoms with Gasteiger partial charge in [0.2, 0.25) is 0 Å². The first-order valence-corrected chi connectivity index (χ1v) is 4.38. The summed E-state index contributed by atoms with van der Waals surface area (Å²) in [5, 5.41) is 4.82. The van der Waals surface area contributed by atoms with Crippen molar-refractivity contribution in [3.8, 4) is 0 Å². The second-order valence-corrected chi connectivity index (χ2v) is 3.30. The standard InChI is InChI=1S/C8H11NOS/c1-6(9-2)8(10)7-4-3-5-11-7/h3-6,9H,1-2H3/t6-/m1/s1. The molecule has 0 aliphatic heterocycles. The fraction of sp³-hybridized carbons (Fsp3) is 0.375. The monoisotopic (exact) mass is 169 g/mol. The number of hydrogen-bond donors (Lipinski definition) is 1. The predicted molar refractivity (Wildman–Crippen MR) is 47.2 cm³/mol. The summed E-state index contributed by atoms with van der Waals surface area (Å²) in [5.74, 6) is 0.169. The maximum absolute atomic E-state index is 11.4. The summed E-state index contributed by atoms with van der Waals surface area (Å²) in [6.07, 6.45) is 0. The molecule has 3 heteroatoms. The van der Waals surface area contributed by atoms with E-state index >= 15 is 0 Å². The van der Waals surface area contributed by atoms with Gasteiger partial charge in [0.15, 0.2) is 5.78 Å². The first-order chi connectivity index (χ1) is 5.25. The summed E-state index contributed by atoms with van der Waals surface area (Å²) < 4.78 is 0. The van der Waals surface area contributed by atoms with Crippen molar-refractivity contribution in [3.05, 3.63) is 22.4 Å². The van der Waals surface area contributed by atoms with Gasteiger partial charge in [0.05, 0.1) is 10.9 Å². The maximum atomic E-state index is 11.4. The van der Waals surface area contributed by atoms with Crippen LogP contribution >= 0.6 is 11.3 Å². The Bertz CT molecular complexity index is 230. The number of thiophene rings is 1. The van der Waals surface area contributed by atoms with E-state index in [-0.39, 0.29) is 11.8 Å². The van der Waals surface area contributed by atoms with Crippen LogP contribution in [0.1, 0.15) is 16.6 Å². The molecule has 0 saturated heterocycles. The van der Waals surface area contributed by atoms with E-state index in [2.05, 4.69) is 5.32 Å². The highest BCUT2D eigenvalue weighted by Crippen LogP contribution is 2.10. The summed E-state index contributed by atoms with van der Waals surface area (Å²) in [6, 6.07) is 3.66. The first-order valence-electron chi connectivity index (χ1n) is 3.50. The Morgan fingerprint density at radius 3 is 2.91 bits per heavy atom. The van der Waals surface area contributed by atoms with Crippen LogP contribution in [0.25, 0.3) is 0 Å². The fourth-order valence-corrected chi connectivity index (χ4v) is 1.52. The van der Waals surface area contributed by atoms with Crippen molar-refractivity contribution in [1.82, 2.24) is 5.32 Å². The third kappa shape index (κ3) is 1.88. The molecule has 1 N–H and O–H groups in total. The first kappa shape index (κ1) is 8.43. The second-order valence-electron chi connectivity index (χ2n) is 2.35. The smallest absolute Gasteiger partial charge is 0.189 e. The van der Waals surface area contributed by atoms with Gasteiger partial charge in [0.1, 0.15) is 0 Å². The van der Waals surface area contributed by atoms with Gasteiger partial charge < -0.3 is 5.32 Å². The summed E-state index contributed by atoms with van der Waals surface area (Å²) in [6.45, 7) is 1.86. The van der Waals surface area contributed by atoms with E-state index in [4.69, 9.17) is 0 Å². The van der Waals surface area contributed by atoms with E-state index in [1.165, 1.54) is 11.3 Å². The van der Waals surface area contributed by atoms with Gasteiger partial charge in [0, 0.05) is 0 Å². The largest absolute Gasteiger partial charge is 0.310 e. The number of carbonyl (C=O) groups excluding carboxylic acids is 1. The molecule has 0 radical (unpaired) electrons. The van der Waals surface area contributed by atoms with Gasteiger partial charge in [-0.05, 0) is 25.4 Å². The van der Waals surface area contributed by atoms with Gasteiger partial charge >= 0.3 is 0 Å². The summed E-state index contributed by atoms with van der Waals surface area (Å²) >= 11 is 1.49. The van der Waals surface area contributed by atoms with Crippen LogP contribution in [0.2, 0.25) is 0 Å². The molecule has 0 aromatic carbocycles. The molecular weight excluding hydrogens is 158 g/mol. The highest BCUT2D eigenvalue weighted by molar-refractivity contribution is 7.12. The maximum Gasteiger partial charge on any atom is 0.189 e. The SMILES string of the molecule is CN[C@H](C)C(=O)c1cccs1. The average molecular weight is 169 g/mol. The van der Waals surface area contributed by atoms with Crippen molar-refractivity contribution in [2.75, 3.05) is 7.05 Å². The third-order valence-electron chi connectivity index (χ3n) is 1.59. The summed E-state index contributed by atoms with van der Waals surface area (Å²) in [4.78, 5) is 12.2. The minimum absolute atomic E-state index is 0.0753. The van der Waals surface area contributed by atoms with Crippen LogP contribution in [-0.2, 0) is 0 Å². The number of Topliss-reactive ketones (excluding diaryl/α,β-unsaturated/α-hetero) is 1. The van der Waals surface area contributed by atoms with Crippen molar-refractivity contribution in [1.29, 1.82) is 0 Å². The van der Waals surface area contributed by atoms with Crippen molar-refractivity contribution in [3.63, 3.8) is 0 Å². The zero-order chi connectivity index (χ0) is 8.27. The Labute approximate surface area is 70.2 Å². The minimum atomic E-state index is -0.0753. The quantitative estimate of drug-likeness (QED) is 0.695. The van der Waals surface area contributed by atoms with Crippen molar-refractivity contribution in [2.45, 2.75) is 13.0 Å². The molecule has 60 valence electrons. The van der Waals surface area contributed by atoms with E-state index in [1.54, 1.807) is 7.05 Å². The van der Waals surface area contributed by atoms with Gasteiger partial charge in [0.25, 0.3) is 0 Å². The van der Waals surface area contributed by atoms with Gasteiger partial charge in [-0.2, -0.15) is 0 Å². The Morgan fingerprint density at radius 1 is 1.73 bits per heavy atom. The highest BCUT2D eigenvalue weighted by Gasteiger charge is 2.12. The number of nitrogens with one attached hydrogen (secondary N) is 1. The molecule has 0 amide bonds. The number of likely N-dealkylation sites (N-methyl/N-ethyl adjacent to an activating group) is 1. The highest BCUT2D eigenvalue weighted by atomic mass is 32.1. The molecule has 0 saturated carbocycles. The molecule has 1 aromatic heterocycles. The molecule has 0 unspecified atom stereocenters. The van der Waals surface area contributed by atoms with Crippen LogP contribution in [0.15, 0.2) is 17.5 Å². The molecular formula is C8H11NOS. The topological polar surface area (TPSA) is 29.1 Å². The van der Waals surface area contributed by atoms with E-state index in [1.807, 2.05) is 24.4 Å². The Morgan fingerprint density at radius 2 is 2.45 bits per heavy atom. The van der Waals surface area contributed by atoms with Crippen LogP contribution in [-0.4, -0.2) is 18.9 Å². The molecule has 1 heterocycles. The van der Waals surface area contributed by atoms with E-state index in [9.17, 15) is 4.79 Å². The van der Waals surface area contributed by atoms with Crippen molar-refractivity contribution in [2.24, 2.45) is 0 Å². The molecule has 2 nitrogen and oxygen atoms in total. The Balaban J connectivity index is 2.70. The third-order valence-corrected chi connectivity index (χ3v) is 2.47.